The van der Waals surface area contributed by atoms with Gasteiger partial charge in [-0.2, -0.15) is 4.98 Å². The molecule has 0 amide bonds. The molecular weight excluding hydrogens is 266 g/mol. The molecule has 0 saturated carbocycles. The molecule has 106 valence electrons. The van der Waals surface area contributed by atoms with E-state index in [-0.39, 0.29) is 11.7 Å². The van der Waals surface area contributed by atoms with Gasteiger partial charge in [0.1, 0.15) is 11.5 Å². The summed E-state index contributed by atoms with van der Waals surface area (Å²) in [6.07, 6.45) is 0. The summed E-state index contributed by atoms with van der Waals surface area (Å²) in [4.78, 5) is 3.73. The first-order chi connectivity index (χ1) is 9.63. The second-order valence-electron chi connectivity index (χ2n) is 3.86. The largest absolute Gasteiger partial charge is 0.494 e. The quantitative estimate of drug-likeness (QED) is 0.909. The lowest BCUT2D eigenvalue weighted by Gasteiger charge is -2.09. The number of hydrogen-bond donors (Lipinski definition) is 1. The van der Waals surface area contributed by atoms with Gasteiger partial charge in [0.25, 0.3) is 5.88 Å². The average Bonchev–Trinajstić information content (AvgIpc) is 2.44. The van der Waals surface area contributed by atoms with Gasteiger partial charge in [-0.15, -0.1) is 0 Å². The smallest absolute Gasteiger partial charge is 0.258 e. The second kappa shape index (κ2) is 6.18. The van der Waals surface area contributed by atoms with Crippen molar-refractivity contribution in [1.82, 2.24) is 4.98 Å². The molecule has 0 unspecified atom stereocenters. The van der Waals surface area contributed by atoms with Gasteiger partial charge in [-0.05, 0) is 31.2 Å². The van der Waals surface area contributed by atoms with Crippen molar-refractivity contribution in [3.8, 4) is 17.4 Å². The number of benzene rings is 1. The number of anilines is 1. The van der Waals surface area contributed by atoms with Crippen LogP contribution in [0.5, 0.6) is 17.4 Å². The van der Waals surface area contributed by atoms with Crippen LogP contribution in [0.15, 0.2) is 30.3 Å². The number of pyridine rings is 1. The SMILES string of the molecule is CCOc1ccc(Oc2nc(NC)c(F)cc2F)cc1. The summed E-state index contributed by atoms with van der Waals surface area (Å²) in [7, 11) is 1.49. The summed E-state index contributed by atoms with van der Waals surface area (Å²) in [6, 6.07) is 7.35. The first-order valence-corrected chi connectivity index (χ1v) is 6.08. The van der Waals surface area contributed by atoms with Gasteiger partial charge in [0, 0.05) is 13.1 Å². The molecule has 6 heteroatoms. The lowest BCUT2D eigenvalue weighted by atomic mass is 10.3. The van der Waals surface area contributed by atoms with Crippen molar-refractivity contribution < 1.29 is 18.3 Å². The van der Waals surface area contributed by atoms with E-state index in [4.69, 9.17) is 9.47 Å². The summed E-state index contributed by atoms with van der Waals surface area (Å²) >= 11 is 0. The minimum atomic E-state index is -0.865. The molecule has 0 fully saturated rings. The van der Waals surface area contributed by atoms with E-state index in [1.54, 1.807) is 24.3 Å². The van der Waals surface area contributed by atoms with Gasteiger partial charge in [0.2, 0.25) is 0 Å². The highest BCUT2D eigenvalue weighted by Gasteiger charge is 2.13. The van der Waals surface area contributed by atoms with Crippen LogP contribution < -0.4 is 14.8 Å². The predicted molar refractivity (Wildman–Crippen MR) is 71.4 cm³/mol. The first kappa shape index (κ1) is 14.0. The predicted octanol–water partition coefficient (Wildman–Crippen LogP) is 3.59. The fraction of sp³-hybridized carbons (Fsp3) is 0.214. The molecule has 20 heavy (non-hydrogen) atoms. The van der Waals surface area contributed by atoms with Crippen molar-refractivity contribution in [3.05, 3.63) is 42.0 Å². The molecule has 1 aromatic carbocycles. The molecule has 4 nitrogen and oxygen atoms in total. The van der Waals surface area contributed by atoms with Crippen LogP contribution in [0.3, 0.4) is 0 Å². The Morgan fingerprint density at radius 1 is 1.10 bits per heavy atom. The lowest BCUT2D eigenvalue weighted by molar-refractivity contribution is 0.339. The van der Waals surface area contributed by atoms with Crippen LogP contribution >= 0.6 is 0 Å². The third kappa shape index (κ3) is 3.14. The monoisotopic (exact) mass is 280 g/mol. The highest BCUT2D eigenvalue weighted by atomic mass is 19.1. The number of halogens is 2. The first-order valence-electron chi connectivity index (χ1n) is 6.08. The molecule has 1 N–H and O–H groups in total. The van der Waals surface area contributed by atoms with E-state index < -0.39 is 11.6 Å². The van der Waals surface area contributed by atoms with Gasteiger partial charge in [-0.3, -0.25) is 0 Å². The molecule has 1 aromatic heterocycles. The number of aromatic nitrogens is 1. The van der Waals surface area contributed by atoms with E-state index in [9.17, 15) is 8.78 Å². The van der Waals surface area contributed by atoms with E-state index in [1.165, 1.54) is 7.05 Å². The van der Waals surface area contributed by atoms with Gasteiger partial charge in [0.15, 0.2) is 17.5 Å². The third-order valence-electron chi connectivity index (χ3n) is 2.48. The average molecular weight is 280 g/mol. The minimum Gasteiger partial charge on any atom is -0.494 e. The number of nitrogens with zero attached hydrogens (tertiary/aromatic N) is 1. The van der Waals surface area contributed by atoms with Crippen LogP contribution in [0.1, 0.15) is 6.92 Å². The molecule has 0 aliphatic carbocycles. The Morgan fingerprint density at radius 3 is 2.35 bits per heavy atom. The van der Waals surface area contributed by atoms with E-state index in [2.05, 4.69) is 10.3 Å². The Bertz CT molecular complexity index is 588. The summed E-state index contributed by atoms with van der Waals surface area (Å²) in [6.45, 7) is 2.43. The zero-order valence-electron chi connectivity index (χ0n) is 11.1. The van der Waals surface area contributed by atoms with Crippen molar-refractivity contribution >= 4 is 5.82 Å². The number of nitrogens with one attached hydrogen (secondary N) is 1. The maximum absolute atomic E-state index is 13.6. The molecule has 0 atom stereocenters. The van der Waals surface area contributed by atoms with Crippen molar-refractivity contribution in [3.63, 3.8) is 0 Å². The minimum absolute atomic E-state index is 0.0765. The van der Waals surface area contributed by atoms with Crippen LogP contribution in [0.4, 0.5) is 14.6 Å². The van der Waals surface area contributed by atoms with Crippen molar-refractivity contribution in [2.75, 3.05) is 19.0 Å². The van der Waals surface area contributed by atoms with Crippen LogP contribution in [0.2, 0.25) is 0 Å². The molecular formula is C14H14F2N2O2. The molecule has 2 aromatic rings. The molecule has 1 heterocycles. The summed E-state index contributed by atoms with van der Waals surface area (Å²) in [5, 5.41) is 2.52. The summed E-state index contributed by atoms with van der Waals surface area (Å²) in [5.74, 6) is -0.941. The van der Waals surface area contributed by atoms with E-state index in [0.717, 1.165) is 6.07 Å². The van der Waals surface area contributed by atoms with Crippen molar-refractivity contribution in [1.29, 1.82) is 0 Å². The van der Waals surface area contributed by atoms with Gasteiger partial charge in [0.05, 0.1) is 6.61 Å². The van der Waals surface area contributed by atoms with Gasteiger partial charge in [-0.1, -0.05) is 0 Å². The molecule has 0 aliphatic rings. The molecule has 2 rings (SSSR count). The topological polar surface area (TPSA) is 43.4 Å². The van der Waals surface area contributed by atoms with Crippen molar-refractivity contribution in [2.24, 2.45) is 0 Å². The molecule has 0 saturated heterocycles. The van der Waals surface area contributed by atoms with E-state index >= 15 is 0 Å². The summed E-state index contributed by atoms with van der Waals surface area (Å²) in [5.41, 5.74) is 0. The highest BCUT2D eigenvalue weighted by molar-refractivity contribution is 5.41. The highest BCUT2D eigenvalue weighted by Crippen LogP contribution is 2.27. The Morgan fingerprint density at radius 2 is 1.75 bits per heavy atom. The maximum atomic E-state index is 13.6. The Hall–Kier alpha value is -2.37. The normalized spacial score (nSPS) is 10.2. The zero-order valence-corrected chi connectivity index (χ0v) is 11.1. The molecule has 0 bridgehead atoms. The Kier molecular flexibility index (Phi) is 4.34. The second-order valence-corrected chi connectivity index (χ2v) is 3.86. The fourth-order valence-electron chi connectivity index (χ4n) is 1.58. The van der Waals surface area contributed by atoms with Crippen LogP contribution in [-0.2, 0) is 0 Å². The van der Waals surface area contributed by atoms with Gasteiger partial charge in [-0.25, -0.2) is 8.78 Å². The Balaban J connectivity index is 2.21. The van der Waals surface area contributed by atoms with Crippen molar-refractivity contribution in [2.45, 2.75) is 6.92 Å². The van der Waals surface area contributed by atoms with Gasteiger partial charge < -0.3 is 14.8 Å². The fourth-order valence-corrected chi connectivity index (χ4v) is 1.58. The van der Waals surface area contributed by atoms with E-state index in [1.807, 2.05) is 6.92 Å². The zero-order chi connectivity index (χ0) is 14.5. The van der Waals surface area contributed by atoms with Crippen LogP contribution in [-0.4, -0.2) is 18.6 Å². The van der Waals surface area contributed by atoms with Gasteiger partial charge >= 0.3 is 0 Å². The van der Waals surface area contributed by atoms with Crippen LogP contribution in [0, 0.1) is 11.6 Å². The lowest BCUT2D eigenvalue weighted by Crippen LogP contribution is -2.01. The molecule has 0 radical (unpaired) electrons. The number of ether oxygens (including phenoxy) is 2. The van der Waals surface area contributed by atoms with Crippen LogP contribution in [0.25, 0.3) is 0 Å². The standard InChI is InChI=1S/C14H14F2N2O2/c1-3-19-9-4-6-10(7-5-9)20-14-12(16)8-11(15)13(17-2)18-14/h4-8H,3H2,1-2H3,(H,17,18). The molecule has 0 spiro atoms. The summed E-state index contributed by atoms with van der Waals surface area (Å²) < 4.78 is 37.4. The third-order valence-corrected chi connectivity index (χ3v) is 2.48. The maximum Gasteiger partial charge on any atom is 0.258 e. The number of hydrogen-bond acceptors (Lipinski definition) is 4. The Labute approximate surface area is 115 Å². The molecule has 0 aliphatic heterocycles. The number of rotatable bonds is 5. The van der Waals surface area contributed by atoms with E-state index in [0.29, 0.717) is 18.1 Å².